The molecule has 0 rings (SSSR count). The summed E-state index contributed by atoms with van der Waals surface area (Å²) in [6.07, 6.45) is 0. The number of azide groups is 1. The summed E-state index contributed by atoms with van der Waals surface area (Å²) < 4.78 is 4.55. The van der Waals surface area contributed by atoms with Gasteiger partial charge in [-0.15, -0.1) is 0 Å². The maximum absolute atomic E-state index is 10.6. The lowest BCUT2D eigenvalue weighted by atomic mass is 10.4. The zero-order valence-corrected chi connectivity index (χ0v) is 5.94. The van der Waals surface area contributed by atoms with Gasteiger partial charge in [-0.1, -0.05) is 5.11 Å². The van der Waals surface area contributed by atoms with Gasteiger partial charge < -0.3 is 4.74 Å². The third-order valence-electron chi connectivity index (χ3n) is 0.853. The predicted molar refractivity (Wildman–Crippen MR) is 35.2 cm³/mol. The Morgan fingerprint density at radius 2 is 2.50 bits per heavy atom. The average Bonchev–Trinajstić information content (AvgIpc) is 1.89. The lowest BCUT2D eigenvalue weighted by molar-refractivity contribution is -0.144. The van der Waals surface area contributed by atoms with Crippen LogP contribution in [0.25, 0.3) is 10.4 Å². The summed E-state index contributed by atoms with van der Waals surface area (Å²) in [4.78, 5) is 13.1. The van der Waals surface area contributed by atoms with E-state index in [0.29, 0.717) is 6.61 Å². The van der Waals surface area contributed by atoms with E-state index >= 15 is 0 Å². The first kappa shape index (κ1) is 8.78. The van der Waals surface area contributed by atoms with Crippen LogP contribution in [0.5, 0.6) is 0 Å². The van der Waals surface area contributed by atoms with Crippen molar-refractivity contribution in [2.75, 3.05) is 6.61 Å². The summed E-state index contributed by atoms with van der Waals surface area (Å²) in [5.41, 5.74) is 7.90. The van der Waals surface area contributed by atoms with Crippen LogP contribution in [-0.2, 0) is 9.53 Å². The molecule has 10 heavy (non-hydrogen) atoms. The maximum Gasteiger partial charge on any atom is 0.314 e. The molecule has 0 aliphatic rings. The first-order chi connectivity index (χ1) is 4.72. The van der Waals surface area contributed by atoms with Crippen molar-refractivity contribution in [1.82, 2.24) is 0 Å². The summed E-state index contributed by atoms with van der Waals surface area (Å²) in [6.45, 7) is 3.49. The predicted octanol–water partition coefficient (Wildman–Crippen LogP) is 1.25. The normalized spacial score (nSPS) is 11.4. The van der Waals surface area contributed by atoms with E-state index in [-0.39, 0.29) is 0 Å². The number of hydrogen-bond acceptors (Lipinski definition) is 3. The highest BCUT2D eigenvalue weighted by Crippen LogP contribution is 1.92. The summed E-state index contributed by atoms with van der Waals surface area (Å²) >= 11 is 0. The van der Waals surface area contributed by atoms with E-state index in [1.54, 1.807) is 6.92 Å². The van der Waals surface area contributed by atoms with Gasteiger partial charge in [-0.25, -0.2) is 0 Å². The Kier molecular flexibility index (Phi) is 4.07. The third kappa shape index (κ3) is 2.94. The molecule has 0 aromatic carbocycles. The van der Waals surface area contributed by atoms with Gasteiger partial charge in [-0.05, 0) is 19.4 Å². The summed E-state index contributed by atoms with van der Waals surface area (Å²) in [7, 11) is 0. The zero-order valence-electron chi connectivity index (χ0n) is 5.94. The number of rotatable bonds is 3. The molecular formula is C5H9N3O2. The molecule has 1 unspecified atom stereocenters. The SMILES string of the molecule is CCOC(=O)C(C)N=[N+]=[N-]. The lowest BCUT2D eigenvalue weighted by Crippen LogP contribution is -2.16. The molecule has 5 heteroatoms. The summed E-state index contributed by atoms with van der Waals surface area (Å²) in [5.74, 6) is -0.486. The molecule has 1 atom stereocenters. The molecule has 0 N–H and O–H groups in total. The van der Waals surface area contributed by atoms with Crippen LogP contribution < -0.4 is 0 Å². The van der Waals surface area contributed by atoms with E-state index in [1.165, 1.54) is 6.92 Å². The second-order valence-corrected chi connectivity index (χ2v) is 1.63. The van der Waals surface area contributed by atoms with Gasteiger partial charge in [0.25, 0.3) is 0 Å². The molecule has 0 heterocycles. The van der Waals surface area contributed by atoms with Gasteiger partial charge in [0.15, 0.2) is 0 Å². The largest absolute Gasteiger partial charge is 0.466 e. The number of hydrogen-bond donors (Lipinski definition) is 0. The van der Waals surface area contributed by atoms with E-state index in [0.717, 1.165) is 0 Å². The Hall–Kier alpha value is -1.22. The van der Waals surface area contributed by atoms with E-state index < -0.39 is 12.0 Å². The summed E-state index contributed by atoms with van der Waals surface area (Å²) in [5, 5.41) is 3.15. The molecule has 0 aromatic heterocycles. The molecule has 0 radical (unpaired) electrons. The minimum atomic E-state index is -0.718. The Morgan fingerprint density at radius 1 is 1.90 bits per heavy atom. The fourth-order valence-corrected chi connectivity index (χ4v) is 0.387. The van der Waals surface area contributed by atoms with Crippen LogP contribution in [-0.4, -0.2) is 18.6 Å². The number of ether oxygens (including phenoxy) is 1. The van der Waals surface area contributed by atoms with Gasteiger partial charge in [0.2, 0.25) is 0 Å². The van der Waals surface area contributed by atoms with Crippen molar-refractivity contribution in [2.24, 2.45) is 5.11 Å². The number of carbonyl (C=O) groups excluding carboxylic acids is 1. The zero-order chi connectivity index (χ0) is 7.98. The molecule has 0 aliphatic carbocycles. The minimum Gasteiger partial charge on any atom is -0.466 e. The van der Waals surface area contributed by atoms with Crippen LogP contribution in [0.4, 0.5) is 0 Å². The average molecular weight is 143 g/mol. The molecule has 0 spiro atoms. The quantitative estimate of drug-likeness (QED) is 0.258. The van der Waals surface area contributed by atoms with Crippen LogP contribution in [0.15, 0.2) is 5.11 Å². The van der Waals surface area contributed by atoms with Crippen molar-refractivity contribution in [1.29, 1.82) is 0 Å². The standard InChI is InChI=1S/C5H9N3O2/c1-3-10-5(9)4(2)7-8-6/h4H,3H2,1-2H3. The van der Waals surface area contributed by atoms with Gasteiger partial charge in [-0.3, -0.25) is 4.79 Å². The van der Waals surface area contributed by atoms with Gasteiger partial charge in [0.1, 0.15) is 6.04 Å². The van der Waals surface area contributed by atoms with Crippen molar-refractivity contribution < 1.29 is 9.53 Å². The van der Waals surface area contributed by atoms with Crippen LogP contribution in [0.2, 0.25) is 0 Å². The second kappa shape index (κ2) is 4.64. The van der Waals surface area contributed by atoms with Crippen LogP contribution >= 0.6 is 0 Å². The molecule has 56 valence electrons. The van der Waals surface area contributed by atoms with Crippen molar-refractivity contribution in [3.8, 4) is 0 Å². The topological polar surface area (TPSA) is 75.1 Å². The van der Waals surface area contributed by atoms with Crippen LogP contribution in [0.3, 0.4) is 0 Å². The van der Waals surface area contributed by atoms with Gasteiger partial charge in [0.05, 0.1) is 6.61 Å². The maximum atomic E-state index is 10.6. The molecular weight excluding hydrogens is 134 g/mol. The first-order valence-electron chi connectivity index (χ1n) is 2.93. The Morgan fingerprint density at radius 3 is 2.90 bits per heavy atom. The highest BCUT2D eigenvalue weighted by molar-refractivity contribution is 5.75. The molecule has 0 saturated heterocycles. The Bertz CT molecular complexity index is 162. The van der Waals surface area contributed by atoms with E-state index in [2.05, 4.69) is 14.8 Å². The second-order valence-electron chi connectivity index (χ2n) is 1.63. The summed E-state index contributed by atoms with van der Waals surface area (Å²) in [6, 6.07) is -0.718. The smallest absolute Gasteiger partial charge is 0.314 e. The lowest BCUT2D eigenvalue weighted by Gasteiger charge is -2.01. The fourth-order valence-electron chi connectivity index (χ4n) is 0.387. The highest BCUT2D eigenvalue weighted by atomic mass is 16.5. The van der Waals surface area contributed by atoms with Crippen molar-refractivity contribution in [3.05, 3.63) is 10.4 Å². The minimum absolute atomic E-state index is 0.310. The molecule has 0 saturated carbocycles. The third-order valence-corrected chi connectivity index (χ3v) is 0.853. The van der Waals surface area contributed by atoms with E-state index in [9.17, 15) is 4.79 Å². The molecule has 5 nitrogen and oxygen atoms in total. The number of carbonyl (C=O) groups is 1. The molecule has 0 aliphatic heterocycles. The van der Waals surface area contributed by atoms with Gasteiger partial charge in [0, 0.05) is 4.91 Å². The van der Waals surface area contributed by atoms with Crippen molar-refractivity contribution in [2.45, 2.75) is 19.9 Å². The van der Waals surface area contributed by atoms with Crippen LogP contribution in [0.1, 0.15) is 13.8 Å². The van der Waals surface area contributed by atoms with Crippen LogP contribution in [0, 0.1) is 0 Å². The monoisotopic (exact) mass is 143 g/mol. The molecule has 0 aromatic rings. The molecule has 0 bridgehead atoms. The molecule has 0 fully saturated rings. The Labute approximate surface area is 58.6 Å². The number of esters is 1. The fraction of sp³-hybridized carbons (Fsp3) is 0.800. The highest BCUT2D eigenvalue weighted by Gasteiger charge is 2.09. The van der Waals surface area contributed by atoms with Gasteiger partial charge in [-0.2, -0.15) is 0 Å². The van der Waals surface area contributed by atoms with Gasteiger partial charge >= 0.3 is 5.97 Å². The van der Waals surface area contributed by atoms with E-state index in [4.69, 9.17) is 5.53 Å². The first-order valence-corrected chi connectivity index (χ1v) is 2.93. The van der Waals surface area contributed by atoms with Crippen molar-refractivity contribution in [3.63, 3.8) is 0 Å². The van der Waals surface area contributed by atoms with E-state index in [1.807, 2.05) is 0 Å². The number of nitrogens with zero attached hydrogens (tertiary/aromatic N) is 3. The molecule has 0 amide bonds. The Balaban J connectivity index is 3.81. The van der Waals surface area contributed by atoms with Crippen molar-refractivity contribution >= 4 is 5.97 Å².